The Morgan fingerprint density at radius 2 is 1.53 bits per heavy atom. The van der Waals surface area contributed by atoms with E-state index in [1.165, 1.54) is 0 Å². The fraction of sp³-hybridized carbons (Fsp3) is 0.310. The molecule has 2 amide bonds. The molecule has 0 bridgehead atoms. The summed E-state index contributed by atoms with van der Waals surface area (Å²) in [6.07, 6.45) is -0.284. The number of carbonyl (C=O) groups excluding carboxylic acids is 2. The van der Waals surface area contributed by atoms with Crippen LogP contribution in [0.25, 0.3) is 0 Å². The van der Waals surface area contributed by atoms with E-state index in [4.69, 9.17) is 4.74 Å². The smallest absolute Gasteiger partial charge is 0.410 e. The third kappa shape index (κ3) is 4.87. The number of benzene rings is 3. The molecule has 7 heteroatoms. The minimum absolute atomic E-state index is 0.0412. The predicted octanol–water partition coefficient (Wildman–Crippen LogP) is 5.65. The van der Waals surface area contributed by atoms with Crippen LogP contribution in [-0.2, 0) is 11.3 Å². The van der Waals surface area contributed by atoms with Crippen LogP contribution in [0.2, 0.25) is 0 Å². The summed E-state index contributed by atoms with van der Waals surface area (Å²) in [5, 5.41) is 3.57. The Kier molecular flexibility index (Phi) is 6.31. The minimum Gasteiger partial charge on any atom is -0.444 e. The second-order valence-corrected chi connectivity index (χ2v) is 10.2. The number of hydrogen-bond donors (Lipinski definition) is 1. The first kappa shape index (κ1) is 23.7. The van der Waals surface area contributed by atoms with Crippen LogP contribution >= 0.6 is 0 Å². The second-order valence-electron chi connectivity index (χ2n) is 10.2. The van der Waals surface area contributed by atoms with Gasteiger partial charge < -0.3 is 24.8 Å². The van der Waals surface area contributed by atoms with E-state index in [-0.39, 0.29) is 12.0 Å². The molecule has 2 aliphatic rings. The van der Waals surface area contributed by atoms with E-state index in [0.717, 1.165) is 28.3 Å². The van der Waals surface area contributed by atoms with E-state index in [1.807, 2.05) is 98.5 Å². The van der Waals surface area contributed by atoms with Gasteiger partial charge in [-0.25, -0.2) is 4.79 Å². The van der Waals surface area contributed by atoms with Crippen molar-refractivity contribution in [2.45, 2.75) is 32.9 Å². The number of anilines is 4. The van der Waals surface area contributed by atoms with Crippen LogP contribution < -0.4 is 15.1 Å². The molecule has 0 radical (unpaired) electrons. The summed E-state index contributed by atoms with van der Waals surface area (Å²) in [7, 11) is 0. The number of hydrogen-bond acceptors (Lipinski definition) is 5. The predicted molar refractivity (Wildman–Crippen MR) is 143 cm³/mol. The van der Waals surface area contributed by atoms with Crippen LogP contribution in [-0.4, -0.2) is 48.7 Å². The van der Waals surface area contributed by atoms with Crippen LogP contribution in [0.15, 0.2) is 72.8 Å². The Morgan fingerprint density at radius 1 is 0.861 bits per heavy atom. The van der Waals surface area contributed by atoms with E-state index >= 15 is 0 Å². The van der Waals surface area contributed by atoms with Crippen molar-refractivity contribution >= 4 is 34.7 Å². The van der Waals surface area contributed by atoms with Gasteiger partial charge in [-0.2, -0.15) is 0 Å². The van der Waals surface area contributed by atoms with E-state index in [1.54, 1.807) is 4.90 Å². The highest BCUT2D eigenvalue weighted by Gasteiger charge is 2.31. The Labute approximate surface area is 212 Å². The summed E-state index contributed by atoms with van der Waals surface area (Å²) >= 11 is 0. The van der Waals surface area contributed by atoms with Crippen molar-refractivity contribution in [2.75, 3.05) is 41.3 Å². The van der Waals surface area contributed by atoms with Gasteiger partial charge >= 0.3 is 6.09 Å². The molecule has 3 aromatic rings. The molecule has 36 heavy (non-hydrogen) atoms. The first-order chi connectivity index (χ1) is 17.3. The summed E-state index contributed by atoms with van der Waals surface area (Å²) in [6.45, 7) is 8.54. The summed E-state index contributed by atoms with van der Waals surface area (Å²) in [4.78, 5) is 32.3. The van der Waals surface area contributed by atoms with Crippen LogP contribution in [0, 0.1) is 0 Å². The lowest BCUT2D eigenvalue weighted by atomic mass is 10.1. The number of fused-ring (bicyclic) bond motifs is 2. The quantitative estimate of drug-likeness (QED) is 0.521. The number of ether oxygens (including phenoxy) is 1. The first-order valence-corrected chi connectivity index (χ1v) is 12.4. The van der Waals surface area contributed by atoms with Crippen LogP contribution in [0.3, 0.4) is 0 Å². The summed E-state index contributed by atoms with van der Waals surface area (Å²) in [5.41, 5.74) is 4.68. The maximum Gasteiger partial charge on any atom is 0.410 e. The zero-order chi connectivity index (χ0) is 25.3. The number of piperazine rings is 1. The van der Waals surface area contributed by atoms with Gasteiger partial charge in [0, 0.05) is 26.2 Å². The molecule has 1 N–H and O–H groups in total. The van der Waals surface area contributed by atoms with Crippen LogP contribution in [0.4, 0.5) is 27.5 Å². The van der Waals surface area contributed by atoms with E-state index in [9.17, 15) is 9.59 Å². The standard InChI is InChI=1S/C29H32N4O3/c1-29(2,3)36-28(35)32-18-16-31(17-19-32)25-15-9-12-22-26(25)30-23-13-7-8-14-24(23)33(27(22)34)20-21-10-5-4-6-11-21/h4-15,30H,16-20H2,1-3H3. The topological polar surface area (TPSA) is 65.1 Å². The Balaban J connectivity index is 1.44. The van der Waals surface area contributed by atoms with Gasteiger partial charge in [0.15, 0.2) is 0 Å². The average Bonchev–Trinajstić information content (AvgIpc) is 2.98. The van der Waals surface area contributed by atoms with Gasteiger partial charge in [-0.05, 0) is 50.6 Å². The third-order valence-electron chi connectivity index (χ3n) is 6.43. The zero-order valence-electron chi connectivity index (χ0n) is 21.0. The molecule has 7 nitrogen and oxygen atoms in total. The SMILES string of the molecule is CC(C)(C)OC(=O)N1CCN(c2cccc3c2Nc2ccccc2N(Cc2ccccc2)C3=O)CC1. The summed E-state index contributed by atoms with van der Waals surface area (Å²) in [6, 6.07) is 23.8. The number of nitrogens with one attached hydrogen (secondary N) is 1. The van der Waals surface area contributed by atoms with Gasteiger partial charge in [0.25, 0.3) is 5.91 Å². The van der Waals surface area contributed by atoms with Crippen LogP contribution in [0.1, 0.15) is 36.7 Å². The number of rotatable bonds is 3. The van der Waals surface area contributed by atoms with Crippen molar-refractivity contribution in [3.05, 3.63) is 83.9 Å². The van der Waals surface area contributed by atoms with Crippen molar-refractivity contribution in [2.24, 2.45) is 0 Å². The van der Waals surface area contributed by atoms with Crippen molar-refractivity contribution in [3.63, 3.8) is 0 Å². The van der Waals surface area contributed by atoms with Gasteiger partial charge in [0.05, 0.1) is 34.9 Å². The zero-order valence-corrected chi connectivity index (χ0v) is 21.0. The highest BCUT2D eigenvalue weighted by molar-refractivity contribution is 6.15. The molecule has 0 atom stereocenters. The fourth-order valence-electron chi connectivity index (χ4n) is 4.70. The fourth-order valence-corrected chi connectivity index (χ4v) is 4.70. The Bertz CT molecular complexity index is 1260. The lowest BCUT2D eigenvalue weighted by molar-refractivity contribution is 0.0240. The molecular weight excluding hydrogens is 452 g/mol. The number of nitrogens with zero attached hydrogens (tertiary/aromatic N) is 3. The molecule has 1 saturated heterocycles. The molecule has 0 aromatic heterocycles. The molecule has 5 rings (SSSR count). The normalized spacial score (nSPS) is 15.5. The molecule has 0 aliphatic carbocycles. The number of carbonyl (C=O) groups is 2. The lowest BCUT2D eigenvalue weighted by Gasteiger charge is -2.37. The monoisotopic (exact) mass is 484 g/mol. The summed E-state index contributed by atoms with van der Waals surface area (Å²) < 4.78 is 5.54. The third-order valence-corrected chi connectivity index (χ3v) is 6.43. The second kappa shape index (κ2) is 9.57. The maximum absolute atomic E-state index is 13.9. The Hall–Kier alpha value is -4.00. The lowest BCUT2D eigenvalue weighted by Crippen LogP contribution is -2.50. The molecule has 2 heterocycles. The Morgan fingerprint density at radius 3 is 2.25 bits per heavy atom. The summed E-state index contributed by atoms with van der Waals surface area (Å²) in [5.74, 6) is -0.0412. The first-order valence-electron chi connectivity index (χ1n) is 12.4. The van der Waals surface area contributed by atoms with Gasteiger partial charge in [0.2, 0.25) is 0 Å². The maximum atomic E-state index is 13.9. The number of amides is 2. The van der Waals surface area contributed by atoms with E-state index in [2.05, 4.69) is 10.2 Å². The van der Waals surface area contributed by atoms with Crippen LogP contribution in [0.5, 0.6) is 0 Å². The molecule has 1 fully saturated rings. The minimum atomic E-state index is -0.520. The van der Waals surface area contributed by atoms with Gasteiger partial charge in [0.1, 0.15) is 5.60 Å². The molecule has 0 unspecified atom stereocenters. The van der Waals surface area contributed by atoms with E-state index < -0.39 is 5.60 Å². The van der Waals surface area contributed by atoms with E-state index in [0.29, 0.717) is 38.3 Å². The molecule has 186 valence electrons. The van der Waals surface area contributed by atoms with Crippen molar-refractivity contribution in [1.29, 1.82) is 0 Å². The van der Waals surface area contributed by atoms with Crippen molar-refractivity contribution in [3.8, 4) is 0 Å². The molecule has 3 aromatic carbocycles. The molecule has 0 saturated carbocycles. The van der Waals surface area contributed by atoms with Crippen molar-refractivity contribution in [1.82, 2.24) is 4.90 Å². The average molecular weight is 485 g/mol. The van der Waals surface area contributed by atoms with Gasteiger partial charge in [-0.15, -0.1) is 0 Å². The number of para-hydroxylation sites is 3. The van der Waals surface area contributed by atoms with Gasteiger partial charge in [-0.3, -0.25) is 4.79 Å². The largest absolute Gasteiger partial charge is 0.444 e. The highest BCUT2D eigenvalue weighted by atomic mass is 16.6. The molecular formula is C29H32N4O3. The molecule has 2 aliphatic heterocycles. The van der Waals surface area contributed by atoms with Gasteiger partial charge in [-0.1, -0.05) is 48.5 Å². The highest BCUT2D eigenvalue weighted by Crippen LogP contribution is 2.41. The molecule has 0 spiro atoms. The van der Waals surface area contributed by atoms with Crippen molar-refractivity contribution < 1.29 is 14.3 Å².